The van der Waals surface area contributed by atoms with Crippen molar-refractivity contribution in [3.63, 3.8) is 0 Å². The third-order valence-corrected chi connectivity index (χ3v) is 2.99. The molecule has 0 rings (SSSR count). The van der Waals surface area contributed by atoms with Crippen LogP contribution in [0.15, 0.2) is 0 Å². The average Bonchev–Trinajstić information content (AvgIpc) is 1.95. The van der Waals surface area contributed by atoms with Crippen molar-refractivity contribution in [2.75, 3.05) is 6.16 Å². The standard InChI is InChI=1S/C8H19O3P.Ni/c1-3-5-6-8(4-2)7-12(9,10)11;/h8H,3-7H2,1-2H3,(H2,9,10,11);/q;+2/p-2. The summed E-state index contributed by atoms with van der Waals surface area (Å²) in [6.45, 7) is 3.98. The first-order valence-electron chi connectivity index (χ1n) is 4.50. The monoisotopic (exact) mass is 250 g/mol. The van der Waals surface area contributed by atoms with Crippen LogP contribution in [0.5, 0.6) is 0 Å². The average molecular weight is 251 g/mol. The fourth-order valence-corrected chi connectivity index (χ4v) is 2.31. The Morgan fingerprint density at radius 3 is 2.15 bits per heavy atom. The van der Waals surface area contributed by atoms with Gasteiger partial charge >= 0.3 is 16.5 Å². The van der Waals surface area contributed by atoms with Crippen molar-refractivity contribution in [3.8, 4) is 0 Å². The molecule has 0 N–H and O–H groups in total. The summed E-state index contributed by atoms with van der Waals surface area (Å²) in [6, 6.07) is 0. The number of hydrogen-bond donors (Lipinski definition) is 0. The first-order valence-corrected chi connectivity index (χ1v) is 6.23. The van der Waals surface area contributed by atoms with Gasteiger partial charge < -0.3 is 14.4 Å². The van der Waals surface area contributed by atoms with E-state index in [0.717, 1.165) is 25.7 Å². The first-order chi connectivity index (χ1) is 5.49. The minimum atomic E-state index is -4.28. The molecular formula is C8H17NiO3P. The summed E-state index contributed by atoms with van der Waals surface area (Å²) in [5.74, 6) is 0.0748. The van der Waals surface area contributed by atoms with E-state index in [1.807, 2.05) is 6.92 Å². The Balaban J connectivity index is 0. The van der Waals surface area contributed by atoms with E-state index >= 15 is 0 Å². The van der Waals surface area contributed by atoms with Crippen molar-refractivity contribution in [1.29, 1.82) is 0 Å². The van der Waals surface area contributed by atoms with Crippen molar-refractivity contribution in [2.45, 2.75) is 39.5 Å². The molecule has 0 aromatic carbocycles. The summed E-state index contributed by atoms with van der Waals surface area (Å²) in [5, 5.41) is 0. The zero-order valence-corrected chi connectivity index (χ0v) is 9.98. The second kappa shape index (κ2) is 7.99. The summed E-state index contributed by atoms with van der Waals surface area (Å²) < 4.78 is 10.4. The van der Waals surface area contributed by atoms with Gasteiger partial charge in [0.2, 0.25) is 0 Å². The number of hydrogen-bond acceptors (Lipinski definition) is 3. The molecule has 0 radical (unpaired) electrons. The smallest absolute Gasteiger partial charge is 0.811 e. The number of unbranched alkanes of at least 4 members (excludes halogenated alkanes) is 1. The Morgan fingerprint density at radius 2 is 1.85 bits per heavy atom. The van der Waals surface area contributed by atoms with Crippen molar-refractivity contribution < 1.29 is 30.8 Å². The molecule has 0 amide bonds. The van der Waals surface area contributed by atoms with Gasteiger partial charge in [-0.15, -0.1) is 0 Å². The predicted octanol–water partition coefficient (Wildman–Crippen LogP) is 1.11. The Bertz CT molecular complexity index is 157. The maximum atomic E-state index is 10.4. The molecule has 0 heterocycles. The molecule has 3 nitrogen and oxygen atoms in total. The zero-order valence-electron chi connectivity index (χ0n) is 8.10. The van der Waals surface area contributed by atoms with Gasteiger partial charge in [-0.25, -0.2) is 0 Å². The Kier molecular flexibility index (Phi) is 9.89. The molecule has 0 aliphatic carbocycles. The van der Waals surface area contributed by atoms with E-state index in [1.165, 1.54) is 0 Å². The van der Waals surface area contributed by atoms with Crippen LogP contribution in [0.3, 0.4) is 0 Å². The Hall–Kier alpha value is 0.644. The normalized spacial score (nSPS) is 13.5. The minimum Gasteiger partial charge on any atom is -0.811 e. The van der Waals surface area contributed by atoms with Crippen molar-refractivity contribution in [1.82, 2.24) is 0 Å². The van der Waals surface area contributed by atoms with Crippen LogP contribution in [0.1, 0.15) is 39.5 Å². The minimum absolute atomic E-state index is 0. The molecule has 13 heavy (non-hydrogen) atoms. The zero-order chi connectivity index (χ0) is 9.61. The van der Waals surface area contributed by atoms with Crippen LogP contribution in [0.2, 0.25) is 0 Å². The van der Waals surface area contributed by atoms with Gasteiger partial charge in [0.25, 0.3) is 0 Å². The molecule has 5 heteroatoms. The molecule has 0 spiro atoms. The molecule has 0 saturated carbocycles. The van der Waals surface area contributed by atoms with Gasteiger partial charge in [-0.05, 0) is 12.1 Å². The van der Waals surface area contributed by atoms with E-state index in [2.05, 4.69) is 6.92 Å². The molecule has 0 aromatic heterocycles. The SMILES string of the molecule is CCCCC(CC)CP(=O)([O-])[O-].[Ni+2]. The topological polar surface area (TPSA) is 63.2 Å². The summed E-state index contributed by atoms with van der Waals surface area (Å²) in [6.07, 6.45) is 3.55. The van der Waals surface area contributed by atoms with Crippen LogP contribution in [0.4, 0.5) is 0 Å². The Labute approximate surface area is 90.4 Å². The summed E-state index contributed by atoms with van der Waals surface area (Å²) in [5.41, 5.74) is 0. The molecule has 0 saturated heterocycles. The van der Waals surface area contributed by atoms with Crippen molar-refractivity contribution >= 4 is 7.60 Å². The van der Waals surface area contributed by atoms with Crippen LogP contribution in [-0.4, -0.2) is 6.16 Å². The second-order valence-corrected chi connectivity index (χ2v) is 4.80. The molecule has 0 aliphatic rings. The Morgan fingerprint density at radius 1 is 1.31 bits per heavy atom. The van der Waals surface area contributed by atoms with Gasteiger partial charge in [0.15, 0.2) is 0 Å². The number of rotatable bonds is 6. The van der Waals surface area contributed by atoms with Crippen molar-refractivity contribution in [3.05, 3.63) is 0 Å². The van der Waals surface area contributed by atoms with Gasteiger partial charge in [-0.1, -0.05) is 47.1 Å². The van der Waals surface area contributed by atoms with Gasteiger partial charge in [-0.2, -0.15) is 0 Å². The molecule has 82 valence electrons. The molecule has 0 fully saturated rings. The molecule has 0 aliphatic heterocycles. The van der Waals surface area contributed by atoms with E-state index in [0.29, 0.717) is 0 Å². The molecule has 1 atom stereocenters. The molecule has 0 bridgehead atoms. The van der Waals surface area contributed by atoms with E-state index < -0.39 is 7.60 Å². The van der Waals surface area contributed by atoms with Crippen LogP contribution in [0.25, 0.3) is 0 Å². The summed E-state index contributed by atoms with van der Waals surface area (Å²) >= 11 is 0. The largest absolute Gasteiger partial charge is 2.00 e. The maximum absolute atomic E-state index is 10.4. The predicted molar refractivity (Wildman–Crippen MR) is 45.8 cm³/mol. The fraction of sp³-hybridized carbons (Fsp3) is 1.00. The van der Waals surface area contributed by atoms with Crippen molar-refractivity contribution in [2.24, 2.45) is 5.92 Å². The fourth-order valence-electron chi connectivity index (χ4n) is 1.23. The van der Waals surface area contributed by atoms with E-state index in [-0.39, 0.29) is 28.6 Å². The van der Waals surface area contributed by atoms with Crippen LogP contribution >= 0.6 is 7.60 Å². The third-order valence-electron chi connectivity index (χ3n) is 2.03. The summed E-state index contributed by atoms with van der Waals surface area (Å²) in [7, 11) is -4.28. The van der Waals surface area contributed by atoms with Gasteiger partial charge in [0.1, 0.15) is 0 Å². The maximum Gasteiger partial charge on any atom is 2.00 e. The molecular weight excluding hydrogens is 234 g/mol. The van der Waals surface area contributed by atoms with Gasteiger partial charge in [0.05, 0.1) is 0 Å². The van der Waals surface area contributed by atoms with E-state index in [1.54, 1.807) is 0 Å². The van der Waals surface area contributed by atoms with Crippen LogP contribution < -0.4 is 9.79 Å². The third kappa shape index (κ3) is 10.6. The van der Waals surface area contributed by atoms with Crippen LogP contribution in [-0.2, 0) is 21.1 Å². The molecule has 1 unspecified atom stereocenters. The quantitative estimate of drug-likeness (QED) is 0.524. The first kappa shape index (κ1) is 16.1. The van der Waals surface area contributed by atoms with E-state index in [9.17, 15) is 14.4 Å². The van der Waals surface area contributed by atoms with Gasteiger partial charge in [-0.3, -0.25) is 0 Å². The second-order valence-electron chi connectivity index (χ2n) is 3.21. The summed E-state index contributed by atoms with van der Waals surface area (Å²) in [4.78, 5) is 20.9. The van der Waals surface area contributed by atoms with Crippen LogP contribution in [0, 0.1) is 5.92 Å². The van der Waals surface area contributed by atoms with Gasteiger partial charge in [0, 0.05) is 0 Å². The van der Waals surface area contributed by atoms with E-state index in [4.69, 9.17) is 0 Å². The molecule has 0 aromatic rings.